The molecule has 0 N–H and O–H groups in total. The third-order valence-corrected chi connectivity index (χ3v) is 2.13. The van der Waals surface area contributed by atoms with Crippen LogP contribution >= 0.6 is 0 Å². The Kier molecular flexibility index (Phi) is 13.6. The largest absolute Gasteiger partial charge is 0.0984 e. The zero-order valence-corrected chi connectivity index (χ0v) is 12.4. The van der Waals surface area contributed by atoms with E-state index in [4.69, 9.17) is 0 Å². The van der Waals surface area contributed by atoms with Crippen LogP contribution < -0.4 is 0 Å². The Hall–Kier alpha value is -1.30. The Morgan fingerprint density at radius 3 is 2.06 bits per heavy atom. The third kappa shape index (κ3) is 6.78. The summed E-state index contributed by atoms with van der Waals surface area (Å²) in [5.41, 5.74) is 3.84. The molecule has 1 aromatic carbocycles. The number of rotatable bonds is 3. The van der Waals surface area contributed by atoms with Crippen molar-refractivity contribution in [2.45, 2.75) is 48.0 Å². The molecular weight excluding hydrogens is 204 g/mol. The summed E-state index contributed by atoms with van der Waals surface area (Å²) in [6, 6.07) is 6.50. The summed E-state index contributed by atoms with van der Waals surface area (Å²) in [7, 11) is 0. The van der Waals surface area contributed by atoms with Crippen LogP contribution in [0.25, 0.3) is 12.2 Å². The van der Waals surface area contributed by atoms with Crippen molar-refractivity contribution >= 4 is 12.2 Å². The molecule has 0 nitrogen and oxygen atoms in total. The van der Waals surface area contributed by atoms with Gasteiger partial charge in [0.1, 0.15) is 0 Å². The Labute approximate surface area is 108 Å². The normalized spacial score (nSPS) is 8.82. The van der Waals surface area contributed by atoms with Gasteiger partial charge < -0.3 is 0 Å². The maximum absolute atomic E-state index is 3.80. The topological polar surface area (TPSA) is 0 Å². The first-order valence-electron chi connectivity index (χ1n) is 6.69. The van der Waals surface area contributed by atoms with Gasteiger partial charge in [0.05, 0.1) is 0 Å². The first kappa shape index (κ1) is 18.1. The average molecular weight is 232 g/mol. The van der Waals surface area contributed by atoms with Crippen LogP contribution in [0.4, 0.5) is 0 Å². The smallest absolute Gasteiger partial charge is 0.0185 e. The summed E-state index contributed by atoms with van der Waals surface area (Å²) in [4.78, 5) is 0. The fourth-order valence-electron chi connectivity index (χ4n) is 1.35. The van der Waals surface area contributed by atoms with Crippen molar-refractivity contribution in [3.63, 3.8) is 0 Å². The highest BCUT2D eigenvalue weighted by atomic mass is 14.0. The van der Waals surface area contributed by atoms with Crippen LogP contribution in [0.1, 0.15) is 58.2 Å². The molecule has 1 aromatic rings. The lowest BCUT2D eigenvalue weighted by Gasteiger charge is -2.03. The predicted octanol–water partition coefficient (Wildman–Crippen LogP) is 5.98. The standard InChI is InChI=1S/C13H16.2C2H6/c1-4-7-13-10-11(5-2)8-9-12(13)6-3;2*1-2/h4,6-10H,3,5H2,1-2H3;2*1-2H3/b7-4-;;. The van der Waals surface area contributed by atoms with Gasteiger partial charge in [0.25, 0.3) is 0 Å². The van der Waals surface area contributed by atoms with Crippen molar-refractivity contribution in [2.75, 3.05) is 0 Å². The monoisotopic (exact) mass is 232 g/mol. The third-order valence-electron chi connectivity index (χ3n) is 2.13. The number of hydrogen-bond donors (Lipinski definition) is 0. The summed E-state index contributed by atoms with van der Waals surface area (Å²) >= 11 is 0. The average Bonchev–Trinajstić information content (AvgIpc) is 2.43. The zero-order valence-electron chi connectivity index (χ0n) is 12.4. The summed E-state index contributed by atoms with van der Waals surface area (Å²) in [5, 5.41) is 0. The quantitative estimate of drug-likeness (QED) is 0.601. The maximum Gasteiger partial charge on any atom is -0.0185 e. The molecule has 0 heterocycles. The summed E-state index contributed by atoms with van der Waals surface area (Å²) in [6.45, 7) is 16.0. The summed E-state index contributed by atoms with van der Waals surface area (Å²) < 4.78 is 0. The SMILES string of the molecule is C=Cc1ccc(CC)cc1/C=C\C.CC.CC. The molecule has 0 aliphatic carbocycles. The van der Waals surface area contributed by atoms with E-state index in [1.165, 1.54) is 16.7 Å². The molecule has 0 saturated heterocycles. The molecule has 0 aromatic heterocycles. The van der Waals surface area contributed by atoms with Gasteiger partial charge in [0.15, 0.2) is 0 Å². The molecule has 0 radical (unpaired) electrons. The van der Waals surface area contributed by atoms with Crippen LogP contribution in [0.5, 0.6) is 0 Å². The Morgan fingerprint density at radius 1 is 1.06 bits per heavy atom. The molecule has 17 heavy (non-hydrogen) atoms. The Balaban J connectivity index is 0. The molecule has 0 bridgehead atoms. The van der Waals surface area contributed by atoms with Crippen LogP contribution in [0.3, 0.4) is 0 Å². The van der Waals surface area contributed by atoms with Crippen molar-refractivity contribution in [3.8, 4) is 0 Å². The summed E-state index contributed by atoms with van der Waals surface area (Å²) in [5.74, 6) is 0. The van der Waals surface area contributed by atoms with Gasteiger partial charge in [-0.05, 0) is 30.0 Å². The molecule has 1 rings (SSSR count). The first-order chi connectivity index (χ1) is 8.31. The van der Waals surface area contributed by atoms with Crippen LogP contribution in [-0.2, 0) is 6.42 Å². The molecule has 0 spiro atoms. The highest BCUT2D eigenvalue weighted by molar-refractivity contribution is 5.64. The van der Waals surface area contributed by atoms with Crippen LogP contribution in [0.2, 0.25) is 0 Å². The molecule has 96 valence electrons. The van der Waals surface area contributed by atoms with Crippen molar-refractivity contribution in [3.05, 3.63) is 47.5 Å². The lowest BCUT2D eigenvalue weighted by molar-refractivity contribution is 1.14. The van der Waals surface area contributed by atoms with Crippen molar-refractivity contribution in [1.29, 1.82) is 0 Å². The van der Waals surface area contributed by atoms with Gasteiger partial charge in [-0.15, -0.1) is 0 Å². The van der Waals surface area contributed by atoms with E-state index in [2.05, 4.69) is 43.9 Å². The second kappa shape index (κ2) is 12.8. The molecule has 0 unspecified atom stereocenters. The highest BCUT2D eigenvalue weighted by Crippen LogP contribution is 2.15. The van der Waals surface area contributed by atoms with Gasteiger partial charge in [-0.2, -0.15) is 0 Å². The Morgan fingerprint density at radius 2 is 1.65 bits per heavy atom. The van der Waals surface area contributed by atoms with Gasteiger partial charge in [-0.3, -0.25) is 0 Å². The second-order valence-corrected chi connectivity index (χ2v) is 3.02. The summed E-state index contributed by atoms with van der Waals surface area (Å²) in [6.07, 6.45) is 7.16. The van der Waals surface area contributed by atoms with E-state index in [0.29, 0.717) is 0 Å². The highest BCUT2D eigenvalue weighted by Gasteiger charge is 1.96. The van der Waals surface area contributed by atoms with E-state index < -0.39 is 0 Å². The van der Waals surface area contributed by atoms with Crippen LogP contribution in [-0.4, -0.2) is 0 Å². The minimum absolute atomic E-state index is 1.09. The van der Waals surface area contributed by atoms with E-state index in [1.807, 2.05) is 40.7 Å². The number of benzene rings is 1. The van der Waals surface area contributed by atoms with E-state index in [1.54, 1.807) is 0 Å². The molecule has 0 atom stereocenters. The number of hydrogen-bond acceptors (Lipinski definition) is 0. The van der Waals surface area contributed by atoms with Crippen LogP contribution in [0, 0.1) is 0 Å². The van der Waals surface area contributed by atoms with Crippen molar-refractivity contribution in [1.82, 2.24) is 0 Å². The number of allylic oxidation sites excluding steroid dienone is 1. The lowest BCUT2D eigenvalue weighted by Crippen LogP contribution is -1.85. The van der Waals surface area contributed by atoms with E-state index in [9.17, 15) is 0 Å². The Bertz CT molecular complexity index is 319. The van der Waals surface area contributed by atoms with Crippen LogP contribution in [0.15, 0.2) is 30.9 Å². The fraction of sp³-hybridized carbons (Fsp3) is 0.412. The lowest BCUT2D eigenvalue weighted by atomic mass is 10.0. The van der Waals surface area contributed by atoms with Gasteiger partial charge >= 0.3 is 0 Å². The van der Waals surface area contributed by atoms with Crippen molar-refractivity contribution < 1.29 is 0 Å². The first-order valence-corrected chi connectivity index (χ1v) is 6.69. The molecule has 0 aliphatic heterocycles. The van der Waals surface area contributed by atoms with E-state index in [-0.39, 0.29) is 0 Å². The van der Waals surface area contributed by atoms with Gasteiger partial charge in [0, 0.05) is 0 Å². The minimum atomic E-state index is 1.09. The molecule has 0 amide bonds. The molecule has 0 heteroatoms. The van der Waals surface area contributed by atoms with E-state index >= 15 is 0 Å². The minimum Gasteiger partial charge on any atom is -0.0984 e. The molecule has 0 fully saturated rings. The molecular formula is C17H28. The van der Waals surface area contributed by atoms with E-state index in [0.717, 1.165) is 6.42 Å². The predicted molar refractivity (Wildman–Crippen MR) is 83.3 cm³/mol. The molecule has 0 saturated carbocycles. The zero-order chi connectivity index (χ0) is 13.7. The maximum atomic E-state index is 3.80. The van der Waals surface area contributed by atoms with Gasteiger partial charge in [-0.1, -0.05) is 77.6 Å². The van der Waals surface area contributed by atoms with Gasteiger partial charge in [0.2, 0.25) is 0 Å². The fourth-order valence-corrected chi connectivity index (χ4v) is 1.35. The second-order valence-electron chi connectivity index (χ2n) is 3.02. The number of aryl methyl sites for hydroxylation is 1. The molecule has 0 aliphatic rings. The van der Waals surface area contributed by atoms with Gasteiger partial charge in [-0.25, -0.2) is 0 Å². The van der Waals surface area contributed by atoms with Crippen molar-refractivity contribution in [2.24, 2.45) is 0 Å².